The van der Waals surface area contributed by atoms with Crippen LogP contribution in [0.15, 0.2) is 18.2 Å². The molecule has 0 radical (unpaired) electrons. The second kappa shape index (κ2) is 8.02. The Bertz CT molecular complexity index is 402. The fraction of sp³-hybridized carbons (Fsp3) is 0.417. The van der Waals surface area contributed by atoms with Crippen molar-refractivity contribution >= 4 is 17.5 Å². The summed E-state index contributed by atoms with van der Waals surface area (Å²) in [6.07, 6.45) is 0. The lowest BCUT2D eigenvalue weighted by molar-refractivity contribution is 0.0953. The van der Waals surface area contributed by atoms with Gasteiger partial charge in [-0.15, -0.1) is 0 Å². The van der Waals surface area contributed by atoms with E-state index in [1.165, 1.54) is 12.1 Å². The normalized spacial score (nSPS) is 10.4. The van der Waals surface area contributed by atoms with Crippen LogP contribution in [0.25, 0.3) is 0 Å². The average molecular weight is 275 g/mol. The molecule has 0 saturated carbocycles. The third kappa shape index (κ3) is 5.00. The first-order valence-electron chi connectivity index (χ1n) is 5.58. The van der Waals surface area contributed by atoms with Crippen molar-refractivity contribution in [1.29, 1.82) is 0 Å². The van der Waals surface area contributed by atoms with E-state index < -0.39 is 5.82 Å². The van der Waals surface area contributed by atoms with Crippen LogP contribution in [-0.2, 0) is 4.74 Å². The summed E-state index contributed by atoms with van der Waals surface area (Å²) in [6.45, 7) is 2.44. The van der Waals surface area contributed by atoms with Gasteiger partial charge in [-0.3, -0.25) is 4.79 Å². The summed E-state index contributed by atoms with van der Waals surface area (Å²) in [5, 5.41) is 5.76. The zero-order valence-electron chi connectivity index (χ0n) is 10.1. The lowest BCUT2D eigenvalue weighted by Gasteiger charge is -2.07. The van der Waals surface area contributed by atoms with E-state index >= 15 is 0 Å². The van der Waals surface area contributed by atoms with Crippen LogP contribution in [0.4, 0.5) is 4.39 Å². The second-order valence-corrected chi connectivity index (χ2v) is 4.03. The van der Waals surface area contributed by atoms with E-state index in [0.29, 0.717) is 19.7 Å². The zero-order chi connectivity index (χ0) is 13.4. The lowest BCUT2D eigenvalue weighted by atomic mass is 10.2. The molecule has 6 heteroatoms. The summed E-state index contributed by atoms with van der Waals surface area (Å²) >= 11 is 5.53. The first-order chi connectivity index (χ1) is 8.65. The molecule has 2 N–H and O–H groups in total. The van der Waals surface area contributed by atoms with Crippen LogP contribution >= 0.6 is 11.6 Å². The van der Waals surface area contributed by atoms with E-state index in [4.69, 9.17) is 16.3 Å². The van der Waals surface area contributed by atoms with Crippen molar-refractivity contribution in [2.75, 3.05) is 33.4 Å². The van der Waals surface area contributed by atoms with Gasteiger partial charge < -0.3 is 15.4 Å². The number of methoxy groups -OCH3 is 1. The summed E-state index contributed by atoms with van der Waals surface area (Å²) < 4.78 is 18.0. The maximum atomic E-state index is 13.1. The molecule has 0 aliphatic rings. The molecule has 0 fully saturated rings. The molecule has 1 aromatic rings. The zero-order valence-corrected chi connectivity index (χ0v) is 10.9. The molecule has 0 heterocycles. The molecule has 0 unspecified atom stereocenters. The van der Waals surface area contributed by atoms with Crippen LogP contribution in [0, 0.1) is 5.82 Å². The molecule has 18 heavy (non-hydrogen) atoms. The highest BCUT2D eigenvalue weighted by molar-refractivity contribution is 6.30. The summed E-state index contributed by atoms with van der Waals surface area (Å²) in [7, 11) is 1.62. The number of nitrogens with one attached hydrogen (secondary N) is 2. The minimum atomic E-state index is -0.595. The summed E-state index contributed by atoms with van der Waals surface area (Å²) in [5.74, 6) is -0.915. The smallest absolute Gasteiger partial charge is 0.251 e. The van der Waals surface area contributed by atoms with Gasteiger partial charge in [-0.05, 0) is 18.2 Å². The predicted octanol–water partition coefficient (Wildman–Crippen LogP) is 1.44. The van der Waals surface area contributed by atoms with Gasteiger partial charge in [0.15, 0.2) is 0 Å². The molecule has 1 amide bonds. The minimum absolute atomic E-state index is 0.00721. The summed E-state index contributed by atoms with van der Waals surface area (Å²) in [4.78, 5) is 11.6. The third-order valence-electron chi connectivity index (χ3n) is 2.25. The van der Waals surface area contributed by atoms with E-state index in [2.05, 4.69) is 10.6 Å². The number of benzene rings is 1. The van der Waals surface area contributed by atoms with Gasteiger partial charge in [0.05, 0.1) is 11.6 Å². The van der Waals surface area contributed by atoms with Crippen LogP contribution in [0.2, 0.25) is 5.02 Å². The van der Waals surface area contributed by atoms with Crippen molar-refractivity contribution in [3.05, 3.63) is 34.6 Å². The molecule has 0 aromatic heterocycles. The topological polar surface area (TPSA) is 50.4 Å². The molecule has 1 aromatic carbocycles. The number of halogens is 2. The van der Waals surface area contributed by atoms with Crippen molar-refractivity contribution in [2.24, 2.45) is 0 Å². The van der Waals surface area contributed by atoms with Crippen molar-refractivity contribution in [3.8, 4) is 0 Å². The fourth-order valence-electron chi connectivity index (χ4n) is 1.30. The van der Waals surface area contributed by atoms with E-state index in [1.54, 1.807) is 7.11 Å². The molecule has 1 rings (SSSR count). The number of carbonyl (C=O) groups excluding carboxylic acids is 1. The third-order valence-corrected chi connectivity index (χ3v) is 2.56. The number of carbonyl (C=O) groups is 1. The molecule has 0 saturated heterocycles. The van der Waals surface area contributed by atoms with Gasteiger partial charge in [0.25, 0.3) is 5.91 Å². The van der Waals surface area contributed by atoms with Crippen LogP contribution in [-0.4, -0.2) is 39.3 Å². The van der Waals surface area contributed by atoms with E-state index in [9.17, 15) is 9.18 Å². The molecular weight excluding hydrogens is 259 g/mol. The SMILES string of the molecule is COCCNCCNC(=O)c1ccc(Cl)c(F)c1. The first kappa shape index (κ1) is 14.9. The van der Waals surface area contributed by atoms with Crippen LogP contribution < -0.4 is 10.6 Å². The highest BCUT2D eigenvalue weighted by Crippen LogP contribution is 2.15. The van der Waals surface area contributed by atoms with Crippen LogP contribution in [0.5, 0.6) is 0 Å². The molecule has 4 nitrogen and oxygen atoms in total. The number of ether oxygens (including phenoxy) is 1. The Morgan fingerprint density at radius 2 is 2.17 bits per heavy atom. The van der Waals surface area contributed by atoms with Gasteiger partial charge >= 0.3 is 0 Å². The fourth-order valence-corrected chi connectivity index (χ4v) is 1.42. The summed E-state index contributed by atoms with van der Waals surface area (Å²) in [5.41, 5.74) is 0.258. The highest BCUT2D eigenvalue weighted by atomic mass is 35.5. The number of hydrogen-bond donors (Lipinski definition) is 2. The monoisotopic (exact) mass is 274 g/mol. The Morgan fingerprint density at radius 1 is 1.39 bits per heavy atom. The second-order valence-electron chi connectivity index (χ2n) is 3.63. The largest absolute Gasteiger partial charge is 0.383 e. The summed E-state index contributed by atoms with van der Waals surface area (Å²) in [6, 6.07) is 3.97. The Balaban J connectivity index is 2.30. The highest BCUT2D eigenvalue weighted by Gasteiger charge is 2.07. The standard InChI is InChI=1S/C12H16ClFN2O2/c1-18-7-6-15-4-5-16-12(17)9-2-3-10(13)11(14)8-9/h2-3,8,15H,4-7H2,1H3,(H,16,17). The van der Waals surface area contributed by atoms with Crippen molar-refractivity contribution in [3.63, 3.8) is 0 Å². The van der Waals surface area contributed by atoms with E-state index in [-0.39, 0.29) is 16.5 Å². The van der Waals surface area contributed by atoms with Gasteiger partial charge in [-0.25, -0.2) is 4.39 Å². The lowest BCUT2D eigenvalue weighted by Crippen LogP contribution is -2.33. The van der Waals surface area contributed by atoms with Gasteiger partial charge in [0.2, 0.25) is 0 Å². The van der Waals surface area contributed by atoms with Crippen molar-refractivity contribution in [2.45, 2.75) is 0 Å². The number of rotatable bonds is 7. The van der Waals surface area contributed by atoms with Gasteiger partial charge in [-0.2, -0.15) is 0 Å². The predicted molar refractivity (Wildman–Crippen MR) is 68.5 cm³/mol. The first-order valence-corrected chi connectivity index (χ1v) is 5.96. The maximum Gasteiger partial charge on any atom is 0.251 e. The number of hydrogen-bond acceptors (Lipinski definition) is 3. The molecule has 0 atom stereocenters. The van der Waals surface area contributed by atoms with Gasteiger partial charge in [-0.1, -0.05) is 11.6 Å². The minimum Gasteiger partial charge on any atom is -0.383 e. The molecule has 0 aliphatic carbocycles. The van der Waals surface area contributed by atoms with E-state index in [0.717, 1.165) is 12.6 Å². The van der Waals surface area contributed by atoms with Gasteiger partial charge in [0, 0.05) is 32.3 Å². The Morgan fingerprint density at radius 3 is 2.83 bits per heavy atom. The molecule has 100 valence electrons. The Hall–Kier alpha value is -1.17. The van der Waals surface area contributed by atoms with Crippen molar-refractivity contribution < 1.29 is 13.9 Å². The number of amides is 1. The van der Waals surface area contributed by atoms with Crippen molar-refractivity contribution in [1.82, 2.24) is 10.6 Å². The van der Waals surface area contributed by atoms with E-state index in [1.807, 2.05) is 0 Å². The Labute approximate surface area is 110 Å². The average Bonchev–Trinajstić information content (AvgIpc) is 2.36. The molecule has 0 aliphatic heterocycles. The Kier molecular flexibility index (Phi) is 6.64. The molecule has 0 bridgehead atoms. The van der Waals surface area contributed by atoms with Crippen LogP contribution in [0.1, 0.15) is 10.4 Å². The van der Waals surface area contributed by atoms with Gasteiger partial charge in [0.1, 0.15) is 5.82 Å². The maximum absolute atomic E-state index is 13.1. The molecule has 0 spiro atoms. The quantitative estimate of drug-likeness (QED) is 0.740. The van der Waals surface area contributed by atoms with Crippen LogP contribution in [0.3, 0.4) is 0 Å². The molecular formula is C12H16ClFN2O2.